The zero-order valence-corrected chi connectivity index (χ0v) is 14.6. The Kier molecular flexibility index (Phi) is 5.07. The first-order valence-electron chi connectivity index (χ1n) is 7.56. The lowest BCUT2D eigenvalue weighted by atomic mass is 10.3. The van der Waals surface area contributed by atoms with Crippen molar-refractivity contribution in [3.63, 3.8) is 0 Å². The lowest BCUT2D eigenvalue weighted by Gasteiger charge is -2.29. The van der Waals surface area contributed by atoms with Crippen molar-refractivity contribution >= 4 is 23.3 Å². The van der Waals surface area contributed by atoms with E-state index >= 15 is 0 Å². The van der Waals surface area contributed by atoms with Gasteiger partial charge in [0.1, 0.15) is 5.75 Å². The SMILES string of the molecule is O=C(Nc1ccc(OC(F)(F)F)cc1)NC1(C(F)(F)F)Oc2ccc(Cl)cc2O1. The molecule has 0 aromatic heterocycles. The molecule has 1 aliphatic rings. The molecular formula is C16H9ClF6N2O4. The number of amides is 2. The molecule has 1 heterocycles. The quantitative estimate of drug-likeness (QED) is 0.653. The zero-order valence-electron chi connectivity index (χ0n) is 13.8. The van der Waals surface area contributed by atoms with Gasteiger partial charge in [-0.05, 0) is 36.4 Å². The number of hydrogen-bond acceptors (Lipinski definition) is 4. The van der Waals surface area contributed by atoms with Crippen molar-refractivity contribution < 1.29 is 45.3 Å². The van der Waals surface area contributed by atoms with Crippen LogP contribution in [-0.2, 0) is 0 Å². The van der Waals surface area contributed by atoms with Crippen LogP contribution >= 0.6 is 11.6 Å². The largest absolute Gasteiger partial charge is 0.573 e. The average molecular weight is 443 g/mol. The highest BCUT2D eigenvalue weighted by Crippen LogP contribution is 2.46. The van der Waals surface area contributed by atoms with Crippen LogP contribution in [-0.4, -0.2) is 24.5 Å². The summed E-state index contributed by atoms with van der Waals surface area (Å²) < 4.78 is 90.2. The molecule has 1 aliphatic heterocycles. The Bertz CT molecular complexity index is 919. The van der Waals surface area contributed by atoms with Gasteiger partial charge >= 0.3 is 24.5 Å². The van der Waals surface area contributed by atoms with Crippen LogP contribution in [0.2, 0.25) is 5.02 Å². The zero-order chi connectivity index (χ0) is 21.4. The van der Waals surface area contributed by atoms with E-state index in [-0.39, 0.29) is 22.2 Å². The number of halogens is 7. The molecular weight excluding hydrogens is 434 g/mol. The number of hydrogen-bond donors (Lipinski definition) is 2. The molecule has 0 spiro atoms. The number of urea groups is 1. The van der Waals surface area contributed by atoms with E-state index in [4.69, 9.17) is 21.1 Å². The first-order valence-corrected chi connectivity index (χ1v) is 7.94. The highest BCUT2D eigenvalue weighted by atomic mass is 35.5. The minimum Gasteiger partial charge on any atom is -0.424 e. The number of fused-ring (bicyclic) bond motifs is 1. The van der Waals surface area contributed by atoms with E-state index in [9.17, 15) is 31.1 Å². The average Bonchev–Trinajstić information content (AvgIpc) is 2.93. The monoisotopic (exact) mass is 442 g/mol. The lowest BCUT2D eigenvalue weighted by molar-refractivity contribution is -0.317. The van der Waals surface area contributed by atoms with Gasteiger partial charge in [0.15, 0.2) is 11.5 Å². The Hall–Kier alpha value is -3.02. The Balaban J connectivity index is 1.72. The summed E-state index contributed by atoms with van der Waals surface area (Å²) in [6.07, 6.45) is -10.1. The van der Waals surface area contributed by atoms with Crippen LogP contribution in [0.4, 0.5) is 36.8 Å². The predicted molar refractivity (Wildman–Crippen MR) is 86.8 cm³/mol. The van der Waals surface area contributed by atoms with Crippen LogP contribution in [0.5, 0.6) is 17.2 Å². The van der Waals surface area contributed by atoms with Gasteiger partial charge in [0, 0.05) is 16.8 Å². The summed E-state index contributed by atoms with van der Waals surface area (Å²) in [6.45, 7) is 0. The van der Waals surface area contributed by atoms with E-state index in [0.29, 0.717) is 0 Å². The van der Waals surface area contributed by atoms with Gasteiger partial charge in [-0.3, -0.25) is 5.32 Å². The molecule has 2 aromatic carbocycles. The molecule has 0 radical (unpaired) electrons. The molecule has 0 bridgehead atoms. The van der Waals surface area contributed by atoms with E-state index in [2.05, 4.69) is 4.74 Å². The van der Waals surface area contributed by atoms with Crippen molar-refractivity contribution in [2.75, 3.05) is 5.32 Å². The number of ether oxygens (including phenoxy) is 3. The maximum atomic E-state index is 13.5. The molecule has 3 rings (SSSR count). The van der Waals surface area contributed by atoms with Crippen molar-refractivity contribution in [2.45, 2.75) is 18.4 Å². The molecule has 0 saturated carbocycles. The van der Waals surface area contributed by atoms with Crippen molar-refractivity contribution in [3.05, 3.63) is 47.5 Å². The summed E-state index contributed by atoms with van der Waals surface area (Å²) >= 11 is 5.70. The van der Waals surface area contributed by atoms with Crippen LogP contribution in [0.15, 0.2) is 42.5 Å². The summed E-state index contributed by atoms with van der Waals surface area (Å²) in [5.74, 6) is -4.75. The summed E-state index contributed by atoms with van der Waals surface area (Å²) in [7, 11) is 0. The summed E-state index contributed by atoms with van der Waals surface area (Å²) in [5, 5.41) is 3.63. The minimum atomic E-state index is -5.19. The molecule has 2 aromatic rings. The second-order valence-corrected chi connectivity index (χ2v) is 6.00. The second kappa shape index (κ2) is 7.10. The van der Waals surface area contributed by atoms with Crippen LogP contribution in [0.1, 0.15) is 0 Å². The molecule has 0 aliphatic carbocycles. The highest BCUT2D eigenvalue weighted by Gasteiger charge is 2.65. The van der Waals surface area contributed by atoms with Gasteiger partial charge in [-0.15, -0.1) is 13.2 Å². The number of benzene rings is 2. The van der Waals surface area contributed by atoms with Crippen molar-refractivity contribution in [1.29, 1.82) is 0 Å². The normalized spacial score (nSPS) is 18.3. The standard InChI is InChI=1S/C16H9ClF6N2O4/c17-8-1-6-11-12(7-8)29-15(28-11,14(18,19)20)25-13(26)24-9-2-4-10(5-3-9)27-16(21,22)23/h1-7H,(H2,24,25,26). The number of nitrogens with one attached hydrogen (secondary N) is 2. The Morgan fingerprint density at radius 3 is 2.17 bits per heavy atom. The molecule has 6 nitrogen and oxygen atoms in total. The van der Waals surface area contributed by atoms with E-state index < -0.39 is 30.2 Å². The van der Waals surface area contributed by atoms with Gasteiger partial charge in [-0.2, -0.15) is 13.2 Å². The number of alkyl halides is 6. The molecule has 1 unspecified atom stereocenters. The maximum Gasteiger partial charge on any atom is 0.573 e. The number of rotatable bonds is 3. The van der Waals surface area contributed by atoms with Gasteiger partial charge in [0.25, 0.3) is 0 Å². The first kappa shape index (κ1) is 20.7. The fourth-order valence-electron chi connectivity index (χ4n) is 2.27. The fourth-order valence-corrected chi connectivity index (χ4v) is 2.43. The molecule has 0 saturated heterocycles. The molecule has 156 valence electrons. The molecule has 13 heteroatoms. The third kappa shape index (κ3) is 4.70. The van der Waals surface area contributed by atoms with Crippen LogP contribution in [0, 0.1) is 0 Å². The number of carbonyl (C=O) groups excluding carboxylic acids is 1. The number of anilines is 1. The Labute approximate surface area is 163 Å². The van der Waals surface area contributed by atoms with Crippen molar-refractivity contribution in [3.8, 4) is 17.2 Å². The topological polar surface area (TPSA) is 68.8 Å². The van der Waals surface area contributed by atoms with Crippen molar-refractivity contribution in [2.24, 2.45) is 0 Å². The van der Waals surface area contributed by atoms with E-state index in [0.717, 1.165) is 36.4 Å². The highest BCUT2D eigenvalue weighted by molar-refractivity contribution is 6.30. The van der Waals surface area contributed by atoms with Gasteiger partial charge in [0.05, 0.1) is 0 Å². The summed E-state index contributed by atoms with van der Waals surface area (Å²) in [4.78, 5) is 12.0. The Morgan fingerprint density at radius 1 is 0.966 bits per heavy atom. The molecule has 1 atom stereocenters. The van der Waals surface area contributed by atoms with E-state index in [1.54, 1.807) is 0 Å². The summed E-state index contributed by atoms with van der Waals surface area (Å²) in [5.41, 5.74) is -0.118. The molecule has 0 fully saturated rings. The van der Waals surface area contributed by atoms with Gasteiger partial charge in [-0.25, -0.2) is 4.79 Å². The minimum absolute atomic E-state index is 0.0796. The maximum absolute atomic E-state index is 13.5. The molecule has 2 amide bonds. The van der Waals surface area contributed by atoms with E-state index in [1.165, 1.54) is 11.4 Å². The third-order valence-corrected chi connectivity index (χ3v) is 3.65. The second-order valence-electron chi connectivity index (χ2n) is 5.56. The predicted octanol–water partition coefficient (Wildman–Crippen LogP) is 5.05. The van der Waals surface area contributed by atoms with Crippen LogP contribution in [0.3, 0.4) is 0 Å². The lowest BCUT2D eigenvalue weighted by Crippen LogP contribution is -2.65. The smallest absolute Gasteiger partial charge is 0.424 e. The Morgan fingerprint density at radius 2 is 1.59 bits per heavy atom. The van der Waals surface area contributed by atoms with Crippen molar-refractivity contribution in [1.82, 2.24) is 5.32 Å². The molecule has 29 heavy (non-hydrogen) atoms. The third-order valence-electron chi connectivity index (χ3n) is 3.41. The van der Waals surface area contributed by atoms with Crippen LogP contribution < -0.4 is 24.8 Å². The fraction of sp³-hybridized carbons (Fsp3) is 0.188. The van der Waals surface area contributed by atoms with E-state index in [1.807, 2.05) is 5.32 Å². The van der Waals surface area contributed by atoms with Gasteiger partial charge < -0.3 is 19.5 Å². The first-order chi connectivity index (χ1) is 13.4. The summed E-state index contributed by atoms with van der Waals surface area (Å²) in [6, 6.07) is 5.78. The van der Waals surface area contributed by atoms with Gasteiger partial charge in [0.2, 0.25) is 0 Å². The number of carbonyl (C=O) groups is 1. The van der Waals surface area contributed by atoms with Gasteiger partial charge in [-0.1, -0.05) is 11.6 Å². The molecule has 2 N–H and O–H groups in total. The van der Waals surface area contributed by atoms with Crippen LogP contribution in [0.25, 0.3) is 0 Å².